The molecule has 18 heavy (non-hydrogen) atoms. The van der Waals surface area contributed by atoms with Gasteiger partial charge in [-0.05, 0) is 30.4 Å². The van der Waals surface area contributed by atoms with Crippen LogP contribution in [0.4, 0.5) is 0 Å². The minimum absolute atomic E-state index is 0.233. The summed E-state index contributed by atoms with van der Waals surface area (Å²) in [5.74, 6) is -0.816. The van der Waals surface area contributed by atoms with Crippen molar-refractivity contribution < 1.29 is 9.90 Å². The molecule has 0 saturated carbocycles. The smallest absolute Gasteiger partial charge is 0.343 e. The Hall–Kier alpha value is -1.95. The lowest BCUT2D eigenvalue weighted by atomic mass is 10.2. The van der Waals surface area contributed by atoms with Crippen molar-refractivity contribution in [2.45, 2.75) is 20.3 Å². The second-order valence-electron chi connectivity index (χ2n) is 3.81. The first-order chi connectivity index (χ1) is 8.54. The maximum atomic E-state index is 11.7. The van der Waals surface area contributed by atoms with E-state index in [0.717, 1.165) is 16.9 Å². The number of aromatic carboxylic acids is 1. The molecule has 2 N–H and O–H groups in total. The van der Waals surface area contributed by atoms with Crippen molar-refractivity contribution in [3.8, 4) is 10.7 Å². The van der Waals surface area contributed by atoms with Crippen LogP contribution < -0.4 is 5.56 Å². The molecule has 0 spiro atoms. The van der Waals surface area contributed by atoms with E-state index >= 15 is 0 Å². The van der Waals surface area contributed by atoms with E-state index in [0.29, 0.717) is 5.82 Å². The molecular weight excluding hydrogens is 252 g/mol. The molecule has 0 amide bonds. The molecule has 0 unspecified atom stereocenters. The van der Waals surface area contributed by atoms with Gasteiger partial charge in [-0.3, -0.25) is 4.79 Å². The first kappa shape index (κ1) is 12.5. The van der Waals surface area contributed by atoms with Crippen LogP contribution in [-0.2, 0) is 6.42 Å². The molecular formula is C12H12N2O3S. The van der Waals surface area contributed by atoms with Gasteiger partial charge < -0.3 is 10.1 Å². The summed E-state index contributed by atoms with van der Waals surface area (Å²) in [5, 5.41) is 10.8. The fraction of sp³-hybridized carbons (Fsp3) is 0.250. The molecule has 94 valence electrons. The fourth-order valence-electron chi connectivity index (χ4n) is 1.77. The van der Waals surface area contributed by atoms with Gasteiger partial charge in [-0.1, -0.05) is 6.92 Å². The minimum atomic E-state index is -1.25. The molecule has 0 aromatic carbocycles. The molecule has 2 rings (SSSR count). The van der Waals surface area contributed by atoms with Gasteiger partial charge in [-0.15, -0.1) is 11.3 Å². The highest BCUT2D eigenvalue weighted by Gasteiger charge is 2.17. The Bertz CT molecular complexity index is 658. The standard InChI is InChI=1S/C12H12N2O3S/c1-3-7-4-5-18-9(7)10-13-6(2)8(12(16)17)11(15)14-10/h4-5H,3H2,1-2H3,(H,16,17)(H,13,14,15). The average Bonchev–Trinajstić information content (AvgIpc) is 2.75. The van der Waals surface area contributed by atoms with Crippen molar-refractivity contribution >= 4 is 17.3 Å². The van der Waals surface area contributed by atoms with E-state index in [1.165, 1.54) is 18.3 Å². The summed E-state index contributed by atoms with van der Waals surface area (Å²) in [4.78, 5) is 30.2. The number of carboxylic acids is 1. The number of nitrogens with zero attached hydrogens (tertiary/aromatic N) is 1. The van der Waals surface area contributed by atoms with Gasteiger partial charge in [0, 0.05) is 0 Å². The molecule has 0 aliphatic rings. The van der Waals surface area contributed by atoms with E-state index in [2.05, 4.69) is 9.97 Å². The fourth-order valence-corrected chi connectivity index (χ4v) is 2.71. The van der Waals surface area contributed by atoms with E-state index < -0.39 is 11.5 Å². The molecule has 6 heteroatoms. The zero-order valence-electron chi connectivity index (χ0n) is 9.98. The zero-order valence-corrected chi connectivity index (χ0v) is 10.8. The number of hydrogen-bond donors (Lipinski definition) is 2. The van der Waals surface area contributed by atoms with Crippen LogP contribution in [0.15, 0.2) is 16.2 Å². The number of carbonyl (C=O) groups is 1. The SMILES string of the molecule is CCc1ccsc1-c1nc(C)c(C(=O)O)c(=O)[nH]1. The topological polar surface area (TPSA) is 83.0 Å². The summed E-state index contributed by atoms with van der Waals surface area (Å²) in [7, 11) is 0. The van der Waals surface area contributed by atoms with Crippen molar-refractivity contribution in [1.82, 2.24) is 9.97 Å². The van der Waals surface area contributed by atoms with Crippen LogP contribution >= 0.6 is 11.3 Å². The monoisotopic (exact) mass is 264 g/mol. The molecule has 0 atom stereocenters. The number of hydrogen-bond acceptors (Lipinski definition) is 4. The number of aromatic nitrogens is 2. The molecule has 0 radical (unpaired) electrons. The molecule has 0 aliphatic heterocycles. The van der Waals surface area contributed by atoms with Crippen molar-refractivity contribution in [1.29, 1.82) is 0 Å². The number of thiophene rings is 1. The van der Waals surface area contributed by atoms with E-state index in [9.17, 15) is 9.59 Å². The van der Waals surface area contributed by atoms with Crippen LogP contribution in [0.25, 0.3) is 10.7 Å². The highest BCUT2D eigenvalue weighted by molar-refractivity contribution is 7.13. The average molecular weight is 264 g/mol. The molecule has 0 fully saturated rings. The largest absolute Gasteiger partial charge is 0.477 e. The Morgan fingerprint density at radius 2 is 2.28 bits per heavy atom. The van der Waals surface area contributed by atoms with Gasteiger partial charge in [0.2, 0.25) is 0 Å². The van der Waals surface area contributed by atoms with Crippen LogP contribution in [0.1, 0.15) is 28.5 Å². The normalized spacial score (nSPS) is 10.6. The third-order valence-electron chi connectivity index (χ3n) is 2.66. The Balaban J connectivity index is 2.62. The van der Waals surface area contributed by atoms with Crippen LogP contribution in [0.3, 0.4) is 0 Å². The predicted molar refractivity (Wildman–Crippen MR) is 69.2 cm³/mol. The lowest BCUT2D eigenvalue weighted by Crippen LogP contribution is -2.21. The third-order valence-corrected chi connectivity index (χ3v) is 3.62. The van der Waals surface area contributed by atoms with E-state index in [-0.39, 0.29) is 11.3 Å². The summed E-state index contributed by atoms with van der Waals surface area (Å²) in [6, 6.07) is 1.97. The molecule has 2 heterocycles. The number of aromatic amines is 1. The summed E-state index contributed by atoms with van der Waals surface area (Å²) >= 11 is 1.48. The Morgan fingerprint density at radius 3 is 2.83 bits per heavy atom. The van der Waals surface area contributed by atoms with Gasteiger partial charge in [0.25, 0.3) is 5.56 Å². The van der Waals surface area contributed by atoms with Gasteiger partial charge in [-0.25, -0.2) is 9.78 Å². The maximum Gasteiger partial charge on any atom is 0.343 e. The first-order valence-corrected chi connectivity index (χ1v) is 6.33. The lowest BCUT2D eigenvalue weighted by molar-refractivity contribution is 0.0693. The third kappa shape index (κ3) is 2.06. The van der Waals surface area contributed by atoms with Gasteiger partial charge in [-0.2, -0.15) is 0 Å². The Morgan fingerprint density at radius 1 is 1.56 bits per heavy atom. The van der Waals surface area contributed by atoms with Crippen LogP contribution in [0.2, 0.25) is 0 Å². The summed E-state index contributed by atoms with van der Waals surface area (Å²) in [5.41, 5.74) is 0.413. The second-order valence-corrected chi connectivity index (χ2v) is 4.72. The van der Waals surface area contributed by atoms with Crippen LogP contribution in [-0.4, -0.2) is 21.0 Å². The number of H-pyrrole nitrogens is 1. The van der Waals surface area contributed by atoms with Crippen molar-refractivity contribution in [2.24, 2.45) is 0 Å². The first-order valence-electron chi connectivity index (χ1n) is 5.45. The van der Waals surface area contributed by atoms with Crippen molar-refractivity contribution in [2.75, 3.05) is 0 Å². The van der Waals surface area contributed by atoms with Crippen molar-refractivity contribution in [3.63, 3.8) is 0 Å². The minimum Gasteiger partial charge on any atom is -0.477 e. The highest BCUT2D eigenvalue weighted by Crippen LogP contribution is 2.26. The molecule has 0 saturated heterocycles. The maximum absolute atomic E-state index is 11.7. The van der Waals surface area contributed by atoms with Gasteiger partial charge in [0.15, 0.2) is 5.82 Å². The van der Waals surface area contributed by atoms with E-state index in [1.54, 1.807) is 0 Å². The molecule has 2 aromatic rings. The lowest BCUT2D eigenvalue weighted by Gasteiger charge is -2.04. The predicted octanol–water partition coefficient (Wildman–Crippen LogP) is 2.07. The second kappa shape index (κ2) is 4.73. The number of carboxylic acid groups (broad SMARTS) is 1. The summed E-state index contributed by atoms with van der Waals surface area (Å²) < 4.78 is 0. The van der Waals surface area contributed by atoms with E-state index in [1.807, 2.05) is 18.4 Å². The van der Waals surface area contributed by atoms with Gasteiger partial charge in [0.1, 0.15) is 5.56 Å². The zero-order chi connectivity index (χ0) is 13.3. The number of nitrogens with one attached hydrogen (secondary N) is 1. The van der Waals surface area contributed by atoms with Gasteiger partial charge >= 0.3 is 5.97 Å². The Labute approximate surface area is 107 Å². The highest BCUT2D eigenvalue weighted by atomic mass is 32.1. The summed E-state index contributed by atoms with van der Waals surface area (Å²) in [6.07, 6.45) is 0.836. The summed E-state index contributed by atoms with van der Waals surface area (Å²) in [6.45, 7) is 3.55. The van der Waals surface area contributed by atoms with E-state index in [4.69, 9.17) is 5.11 Å². The van der Waals surface area contributed by atoms with Crippen LogP contribution in [0.5, 0.6) is 0 Å². The molecule has 5 nitrogen and oxygen atoms in total. The Kier molecular flexibility index (Phi) is 3.29. The van der Waals surface area contributed by atoms with Gasteiger partial charge in [0.05, 0.1) is 10.6 Å². The molecule has 0 bridgehead atoms. The van der Waals surface area contributed by atoms with Crippen LogP contribution in [0, 0.1) is 6.92 Å². The quantitative estimate of drug-likeness (QED) is 0.889. The molecule has 0 aliphatic carbocycles. The number of aryl methyl sites for hydroxylation is 2. The van der Waals surface area contributed by atoms with Crippen molar-refractivity contribution in [3.05, 3.63) is 38.6 Å². The number of rotatable bonds is 3. The molecule has 2 aromatic heterocycles.